The third kappa shape index (κ3) is 6.75. The van der Waals surface area contributed by atoms with Crippen LogP contribution >= 0.6 is 23.2 Å². The van der Waals surface area contributed by atoms with Crippen LogP contribution in [0.25, 0.3) is 5.69 Å². The van der Waals surface area contributed by atoms with Crippen LogP contribution in [-0.4, -0.2) is 44.0 Å². The number of halogens is 2. The Balaban J connectivity index is 1.84. The molecule has 0 aliphatic rings. The van der Waals surface area contributed by atoms with Crippen molar-refractivity contribution >= 4 is 29.4 Å². The lowest BCUT2D eigenvalue weighted by Crippen LogP contribution is -2.33. The molecule has 0 saturated heterocycles. The van der Waals surface area contributed by atoms with Gasteiger partial charge in [-0.1, -0.05) is 37.0 Å². The Hall–Kier alpha value is -4.15. The fraction of sp³-hybridized carbons (Fsp3) is 0.318. The van der Waals surface area contributed by atoms with Gasteiger partial charge in [-0.3, -0.25) is 9.78 Å². The van der Waals surface area contributed by atoms with Crippen LogP contribution in [0.4, 0.5) is 4.79 Å². The Morgan fingerprint density at radius 3 is 2.41 bits per heavy atom. The molecule has 15 heteroatoms. The molecule has 194 valence electrons. The van der Waals surface area contributed by atoms with Gasteiger partial charge in [0.25, 0.3) is 5.56 Å². The summed E-state index contributed by atoms with van der Waals surface area (Å²) < 4.78 is 21.6. The van der Waals surface area contributed by atoms with Gasteiger partial charge in [-0.15, -0.1) is 15.3 Å². The van der Waals surface area contributed by atoms with Crippen molar-refractivity contribution in [3.8, 4) is 29.3 Å². The van der Waals surface area contributed by atoms with E-state index in [0.29, 0.717) is 5.56 Å². The third-order valence-corrected chi connectivity index (χ3v) is 5.02. The topological polar surface area (TPSA) is 171 Å². The van der Waals surface area contributed by atoms with E-state index in [2.05, 4.69) is 15.3 Å². The molecule has 0 unspecified atom stereocenters. The minimum Gasteiger partial charge on any atom is -0.438 e. The van der Waals surface area contributed by atoms with Gasteiger partial charge in [0.15, 0.2) is 5.75 Å². The van der Waals surface area contributed by atoms with Gasteiger partial charge in [0.05, 0.1) is 21.8 Å². The Morgan fingerprint density at radius 1 is 1.14 bits per heavy atom. The van der Waals surface area contributed by atoms with Crippen LogP contribution < -0.4 is 20.7 Å². The molecule has 0 atom stereocenters. The quantitative estimate of drug-likeness (QED) is 0.320. The molecule has 3 aromatic rings. The molecule has 0 radical (unpaired) electrons. The average molecular weight is 551 g/mol. The van der Waals surface area contributed by atoms with Gasteiger partial charge in [0, 0.05) is 11.6 Å². The zero-order chi connectivity index (χ0) is 27.3. The van der Waals surface area contributed by atoms with Crippen LogP contribution in [0.15, 0.2) is 27.8 Å². The van der Waals surface area contributed by atoms with E-state index in [0.717, 1.165) is 4.68 Å². The predicted octanol–water partition coefficient (Wildman–Crippen LogP) is 3.70. The molecule has 0 bridgehead atoms. The van der Waals surface area contributed by atoms with Crippen molar-refractivity contribution in [3.63, 3.8) is 0 Å². The molecule has 37 heavy (non-hydrogen) atoms. The molecule has 3 rings (SSSR count). The molecular formula is C22H20Cl2N6O7. The number of ether oxygens (including phenoxy) is 4. The van der Waals surface area contributed by atoms with Crippen molar-refractivity contribution in [1.82, 2.24) is 25.0 Å². The van der Waals surface area contributed by atoms with Crippen LogP contribution in [0.5, 0.6) is 17.5 Å². The van der Waals surface area contributed by atoms with Crippen molar-refractivity contribution < 1.29 is 23.7 Å². The van der Waals surface area contributed by atoms with Crippen LogP contribution in [-0.2, 0) is 9.47 Å². The number of H-pyrrole nitrogens is 1. The molecular weight excluding hydrogens is 531 g/mol. The van der Waals surface area contributed by atoms with Crippen LogP contribution in [0.2, 0.25) is 10.0 Å². The summed E-state index contributed by atoms with van der Waals surface area (Å²) in [5, 5.41) is 20.6. The van der Waals surface area contributed by atoms with Crippen molar-refractivity contribution in [2.45, 2.75) is 39.7 Å². The fourth-order valence-electron chi connectivity index (χ4n) is 2.83. The summed E-state index contributed by atoms with van der Waals surface area (Å²) >= 11 is 12.7. The van der Waals surface area contributed by atoms with Crippen LogP contribution in [0, 0.1) is 11.3 Å². The molecule has 1 aromatic carbocycles. The lowest BCUT2D eigenvalue weighted by atomic mass is 10.1. The second-order valence-corrected chi connectivity index (χ2v) is 8.71. The Morgan fingerprint density at radius 2 is 1.81 bits per heavy atom. The molecule has 0 fully saturated rings. The Bertz CT molecular complexity index is 1460. The maximum Gasteiger partial charge on any atom is 0.511 e. The molecule has 0 aliphatic carbocycles. The summed E-state index contributed by atoms with van der Waals surface area (Å²) in [6.45, 7) is 6.67. The number of rotatable bonds is 8. The van der Waals surface area contributed by atoms with E-state index in [-0.39, 0.29) is 45.3 Å². The zero-order valence-corrected chi connectivity index (χ0v) is 21.5. The fourth-order valence-corrected chi connectivity index (χ4v) is 3.38. The SMILES string of the molecule is CC(C)OC(=O)OCOc1nnc(Oc2c(Cl)cc(-n3nc(C#N)c(=O)[nH]c3=O)cc2Cl)cc1C(C)C. The van der Waals surface area contributed by atoms with E-state index in [1.807, 2.05) is 18.8 Å². The van der Waals surface area contributed by atoms with Gasteiger partial charge in [0.2, 0.25) is 24.2 Å². The highest BCUT2D eigenvalue weighted by Crippen LogP contribution is 2.38. The molecule has 1 N–H and O–H groups in total. The lowest BCUT2D eigenvalue weighted by molar-refractivity contribution is -0.0101. The second-order valence-electron chi connectivity index (χ2n) is 7.89. The second kappa shape index (κ2) is 11.7. The average Bonchev–Trinajstić information content (AvgIpc) is 2.81. The summed E-state index contributed by atoms with van der Waals surface area (Å²) in [6, 6.07) is 5.75. The van der Waals surface area contributed by atoms with Gasteiger partial charge in [-0.05, 0) is 31.9 Å². The summed E-state index contributed by atoms with van der Waals surface area (Å²) in [5.41, 5.74) is -1.67. The third-order valence-electron chi connectivity index (χ3n) is 4.46. The number of carbonyl (C=O) groups excluding carboxylic acids is 1. The molecule has 13 nitrogen and oxygen atoms in total. The first kappa shape index (κ1) is 27.4. The number of nitriles is 1. The molecule has 0 spiro atoms. The van der Waals surface area contributed by atoms with E-state index in [4.69, 9.17) is 47.4 Å². The predicted molar refractivity (Wildman–Crippen MR) is 130 cm³/mol. The van der Waals surface area contributed by atoms with E-state index in [1.54, 1.807) is 26.0 Å². The number of nitrogens with zero attached hydrogens (tertiary/aromatic N) is 5. The number of carbonyl (C=O) groups is 1. The minimum atomic E-state index is -0.921. The number of hydrogen-bond donors (Lipinski definition) is 1. The van der Waals surface area contributed by atoms with E-state index < -0.39 is 29.9 Å². The summed E-state index contributed by atoms with van der Waals surface area (Å²) in [7, 11) is 0. The first-order chi connectivity index (χ1) is 17.5. The lowest BCUT2D eigenvalue weighted by Gasteiger charge is -2.15. The zero-order valence-electron chi connectivity index (χ0n) is 19.9. The maximum absolute atomic E-state index is 12.2. The molecule has 2 heterocycles. The number of aromatic amines is 1. The van der Waals surface area contributed by atoms with E-state index >= 15 is 0 Å². The highest BCUT2D eigenvalue weighted by molar-refractivity contribution is 6.37. The first-order valence-electron chi connectivity index (χ1n) is 10.6. The van der Waals surface area contributed by atoms with Crippen molar-refractivity contribution in [3.05, 3.63) is 60.3 Å². The standard InChI is InChI=1S/C22H20Cl2N6O7/c1-10(2)13-7-17(27-28-20(13)34-9-35-22(33)36-11(3)4)37-18-14(23)5-12(6-15(18)24)30-21(32)26-19(31)16(8-25)29-30/h5-7,10-11H,9H2,1-4H3,(H,26,31,32). The van der Waals surface area contributed by atoms with Crippen molar-refractivity contribution in [1.29, 1.82) is 5.26 Å². The van der Waals surface area contributed by atoms with Gasteiger partial charge in [0.1, 0.15) is 6.07 Å². The first-order valence-corrected chi connectivity index (χ1v) is 11.4. The van der Waals surface area contributed by atoms with E-state index in [9.17, 15) is 14.4 Å². The van der Waals surface area contributed by atoms with Gasteiger partial charge >= 0.3 is 11.8 Å². The number of nitrogens with one attached hydrogen (secondary N) is 1. The molecule has 0 saturated carbocycles. The van der Waals surface area contributed by atoms with Crippen molar-refractivity contribution in [2.24, 2.45) is 0 Å². The van der Waals surface area contributed by atoms with Gasteiger partial charge in [-0.2, -0.15) is 9.94 Å². The summed E-state index contributed by atoms with van der Waals surface area (Å²) in [6.07, 6.45) is -1.23. The summed E-state index contributed by atoms with van der Waals surface area (Å²) in [4.78, 5) is 37.2. The number of aromatic nitrogens is 5. The van der Waals surface area contributed by atoms with E-state index in [1.165, 1.54) is 12.1 Å². The summed E-state index contributed by atoms with van der Waals surface area (Å²) in [5.74, 6) is 0.0571. The van der Waals surface area contributed by atoms with Gasteiger partial charge in [-0.25, -0.2) is 9.59 Å². The van der Waals surface area contributed by atoms with Gasteiger partial charge < -0.3 is 18.9 Å². The Kier molecular flexibility index (Phi) is 8.69. The minimum absolute atomic E-state index is 0.00232. The normalized spacial score (nSPS) is 10.8. The number of benzene rings is 1. The smallest absolute Gasteiger partial charge is 0.438 e. The Labute approximate surface area is 219 Å². The number of hydrogen-bond acceptors (Lipinski definition) is 11. The molecule has 2 aromatic heterocycles. The highest BCUT2D eigenvalue weighted by atomic mass is 35.5. The van der Waals surface area contributed by atoms with Crippen LogP contribution in [0.3, 0.4) is 0 Å². The monoisotopic (exact) mass is 550 g/mol. The van der Waals surface area contributed by atoms with Crippen LogP contribution in [0.1, 0.15) is 44.9 Å². The maximum atomic E-state index is 12.2. The molecule has 0 amide bonds. The van der Waals surface area contributed by atoms with Crippen molar-refractivity contribution in [2.75, 3.05) is 6.79 Å². The molecule has 0 aliphatic heterocycles. The highest BCUT2D eigenvalue weighted by Gasteiger charge is 2.18. The largest absolute Gasteiger partial charge is 0.511 e.